The number of carbonyl (C=O) groups is 1. The van der Waals surface area contributed by atoms with Crippen LogP contribution in [0.3, 0.4) is 0 Å². The number of aryl methyl sites for hydroxylation is 2. The molecule has 1 atom stereocenters. The molecule has 1 rings (SSSR count). The molecule has 0 spiro atoms. The Bertz CT molecular complexity index is 471. The molecule has 0 fully saturated rings. The van der Waals surface area contributed by atoms with Gasteiger partial charge in [-0.15, -0.1) is 0 Å². The van der Waals surface area contributed by atoms with Crippen LogP contribution in [0.2, 0.25) is 0 Å². The van der Waals surface area contributed by atoms with Crippen molar-refractivity contribution < 1.29 is 9.53 Å². The number of rotatable bonds is 5. The number of aromatic nitrogens is 2. The zero-order chi connectivity index (χ0) is 13.7. The average molecular weight is 249 g/mol. The number of esters is 1. The Hall–Kier alpha value is -1.83. The van der Waals surface area contributed by atoms with Crippen LogP contribution in [0.25, 0.3) is 0 Å². The van der Waals surface area contributed by atoms with Crippen LogP contribution in [0.1, 0.15) is 30.3 Å². The van der Waals surface area contributed by atoms with Gasteiger partial charge in [0.05, 0.1) is 37.8 Å². The van der Waals surface area contributed by atoms with Crippen molar-refractivity contribution in [3.05, 3.63) is 17.0 Å². The quantitative estimate of drug-likeness (QED) is 0.746. The summed E-state index contributed by atoms with van der Waals surface area (Å²) in [5.74, 6) is -0.389. The molecule has 5 nitrogen and oxygen atoms in total. The van der Waals surface area contributed by atoms with E-state index in [-0.39, 0.29) is 11.9 Å². The maximum atomic E-state index is 11.4. The number of methoxy groups -OCH3 is 1. The summed E-state index contributed by atoms with van der Waals surface area (Å²) < 4.78 is 6.56. The molecule has 0 aromatic carbocycles. The minimum absolute atomic E-state index is 0.180. The van der Waals surface area contributed by atoms with E-state index in [1.807, 2.05) is 25.5 Å². The Labute approximate surface area is 107 Å². The van der Waals surface area contributed by atoms with Gasteiger partial charge in [-0.3, -0.25) is 9.48 Å². The fourth-order valence-electron chi connectivity index (χ4n) is 1.99. The van der Waals surface area contributed by atoms with Crippen molar-refractivity contribution >= 4 is 5.97 Å². The molecule has 1 aromatic heterocycles. The molecule has 0 amide bonds. The first kappa shape index (κ1) is 14.2. The van der Waals surface area contributed by atoms with E-state index in [4.69, 9.17) is 10.00 Å². The van der Waals surface area contributed by atoms with Crippen molar-refractivity contribution in [1.82, 2.24) is 9.78 Å². The third-order valence-electron chi connectivity index (χ3n) is 3.08. The van der Waals surface area contributed by atoms with Crippen LogP contribution < -0.4 is 0 Å². The van der Waals surface area contributed by atoms with Gasteiger partial charge in [-0.1, -0.05) is 6.92 Å². The monoisotopic (exact) mass is 249 g/mol. The lowest BCUT2D eigenvalue weighted by Gasteiger charge is -2.09. The third kappa shape index (κ3) is 3.10. The number of hydrogen-bond donors (Lipinski definition) is 0. The van der Waals surface area contributed by atoms with Crippen LogP contribution in [0.4, 0.5) is 0 Å². The Morgan fingerprint density at radius 2 is 2.22 bits per heavy atom. The Kier molecular flexibility index (Phi) is 4.90. The summed E-state index contributed by atoms with van der Waals surface area (Å²) in [6.45, 7) is 6.33. The summed E-state index contributed by atoms with van der Waals surface area (Å²) in [7, 11) is 1.40. The van der Waals surface area contributed by atoms with Gasteiger partial charge in [0, 0.05) is 5.69 Å². The average Bonchev–Trinajstić information content (AvgIpc) is 2.62. The van der Waals surface area contributed by atoms with Crippen LogP contribution in [0.15, 0.2) is 0 Å². The smallest absolute Gasteiger partial charge is 0.308 e. The fraction of sp³-hybridized carbons (Fsp3) is 0.615. The molecule has 1 heterocycles. The van der Waals surface area contributed by atoms with Gasteiger partial charge in [-0.2, -0.15) is 10.4 Å². The van der Waals surface area contributed by atoms with Crippen LogP contribution in [-0.2, 0) is 22.5 Å². The Balaban J connectivity index is 2.86. The van der Waals surface area contributed by atoms with Crippen LogP contribution in [-0.4, -0.2) is 22.9 Å². The molecule has 0 bridgehead atoms. The maximum absolute atomic E-state index is 11.4. The van der Waals surface area contributed by atoms with Crippen molar-refractivity contribution in [2.45, 2.75) is 40.2 Å². The predicted octanol–water partition coefficient (Wildman–Crippen LogP) is 1.77. The summed E-state index contributed by atoms with van der Waals surface area (Å²) in [6, 6.07) is 2.11. The predicted molar refractivity (Wildman–Crippen MR) is 66.8 cm³/mol. The molecule has 0 aliphatic heterocycles. The molecule has 0 aliphatic carbocycles. The van der Waals surface area contributed by atoms with E-state index in [2.05, 4.69) is 11.2 Å². The zero-order valence-electron chi connectivity index (χ0n) is 11.4. The molecule has 0 saturated heterocycles. The van der Waals surface area contributed by atoms with Gasteiger partial charge < -0.3 is 4.74 Å². The molecule has 0 radical (unpaired) electrons. The van der Waals surface area contributed by atoms with Gasteiger partial charge in [0.25, 0.3) is 0 Å². The summed E-state index contributed by atoms with van der Waals surface area (Å²) in [6.07, 6.45) is 1.06. The maximum Gasteiger partial charge on any atom is 0.308 e. The molecule has 0 aliphatic rings. The number of carbonyl (C=O) groups excluding carboxylic acids is 1. The van der Waals surface area contributed by atoms with E-state index >= 15 is 0 Å². The zero-order valence-corrected chi connectivity index (χ0v) is 11.4. The van der Waals surface area contributed by atoms with Crippen molar-refractivity contribution in [3.8, 4) is 6.07 Å². The summed E-state index contributed by atoms with van der Waals surface area (Å²) in [5.41, 5.74) is 3.02. The lowest BCUT2D eigenvalue weighted by atomic mass is 10.00. The van der Waals surface area contributed by atoms with Crippen LogP contribution in [0, 0.1) is 31.1 Å². The van der Waals surface area contributed by atoms with E-state index in [1.165, 1.54) is 7.11 Å². The molecule has 5 heteroatoms. The molecule has 0 saturated carbocycles. The van der Waals surface area contributed by atoms with E-state index in [9.17, 15) is 4.79 Å². The van der Waals surface area contributed by atoms with Gasteiger partial charge >= 0.3 is 5.97 Å². The lowest BCUT2D eigenvalue weighted by molar-refractivity contribution is -0.144. The summed E-state index contributed by atoms with van der Waals surface area (Å²) in [4.78, 5) is 11.4. The minimum Gasteiger partial charge on any atom is -0.469 e. The number of nitrogens with zero attached hydrogens (tertiary/aromatic N) is 3. The SMILES string of the molecule is COC(=O)C(C)Cc1c(C)nn(CCC#N)c1C. The normalized spacial score (nSPS) is 11.9. The number of hydrogen-bond acceptors (Lipinski definition) is 4. The summed E-state index contributed by atoms with van der Waals surface area (Å²) in [5, 5.41) is 13.0. The molecule has 0 N–H and O–H groups in total. The largest absolute Gasteiger partial charge is 0.469 e. The highest BCUT2D eigenvalue weighted by molar-refractivity contribution is 5.72. The van der Waals surface area contributed by atoms with Crippen molar-refractivity contribution in [2.75, 3.05) is 7.11 Å². The molecule has 1 aromatic rings. The van der Waals surface area contributed by atoms with E-state index < -0.39 is 0 Å². The highest BCUT2D eigenvalue weighted by Crippen LogP contribution is 2.18. The third-order valence-corrected chi connectivity index (χ3v) is 3.08. The van der Waals surface area contributed by atoms with E-state index in [0.717, 1.165) is 17.0 Å². The van der Waals surface area contributed by atoms with Gasteiger partial charge in [-0.25, -0.2) is 0 Å². The molecular weight excluding hydrogens is 230 g/mol. The van der Waals surface area contributed by atoms with Crippen LogP contribution in [0.5, 0.6) is 0 Å². The van der Waals surface area contributed by atoms with Gasteiger partial charge in [0.1, 0.15) is 0 Å². The first-order valence-corrected chi connectivity index (χ1v) is 5.98. The van der Waals surface area contributed by atoms with Gasteiger partial charge in [-0.05, 0) is 25.8 Å². The van der Waals surface area contributed by atoms with Gasteiger partial charge in [0.2, 0.25) is 0 Å². The fourth-order valence-corrected chi connectivity index (χ4v) is 1.99. The second kappa shape index (κ2) is 6.20. The Morgan fingerprint density at radius 3 is 2.78 bits per heavy atom. The lowest BCUT2D eigenvalue weighted by Crippen LogP contribution is -2.16. The Morgan fingerprint density at radius 1 is 1.56 bits per heavy atom. The van der Waals surface area contributed by atoms with E-state index in [0.29, 0.717) is 19.4 Å². The van der Waals surface area contributed by atoms with Crippen LogP contribution >= 0.6 is 0 Å². The number of ether oxygens (including phenoxy) is 1. The molecule has 1 unspecified atom stereocenters. The minimum atomic E-state index is -0.210. The standard InChI is InChI=1S/C13H19N3O2/c1-9(13(17)18-4)8-12-10(2)15-16(11(12)3)7-5-6-14/h9H,5,7-8H2,1-4H3. The number of nitriles is 1. The molecular formula is C13H19N3O2. The first-order chi connectivity index (χ1) is 8.51. The topological polar surface area (TPSA) is 67.9 Å². The highest BCUT2D eigenvalue weighted by Gasteiger charge is 2.19. The van der Waals surface area contributed by atoms with Crippen molar-refractivity contribution in [1.29, 1.82) is 5.26 Å². The molecule has 18 heavy (non-hydrogen) atoms. The second-order valence-corrected chi connectivity index (χ2v) is 4.41. The van der Waals surface area contributed by atoms with E-state index in [1.54, 1.807) is 0 Å². The molecule has 98 valence electrons. The highest BCUT2D eigenvalue weighted by atomic mass is 16.5. The first-order valence-electron chi connectivity index (χ1n) is 5.98. The van der Waals surface area contributed by atoms with Gasteiger partial charge in [0.15, 0.2) is 0 Å². The summed E-state index contributed by atoms with van der Waals surface area (Å²) >= 11 is 0. The van der Waals surface area contributed by atoms with Crippen molar-refractivity contribution in [2.24, 2.45) is 5.92 Å². The van der Waals surface area contributed by atoms with Crippen molar-refractivity contribution in [3.63, 3.8) is 0 Å². The second-order valence-electron chi connectivity index (χ2n) is 4.41.